The zero-order valence-electron chi connectivity index (χ0n) is 9.61. The molecule has 1 saturated carbocycles. The van der Waals surface area contributed by atoms with Gasteiger partial charge in [-0.05, 0) is 32.6 Å². The molecule has 2 rings (SSSR count). The Balaban J connectivity index is 1.79. The van der Waals surface area contributed by atoms with Gasteiger partial charge in [-0.2, -0.15) is 0 Å². The van der Waals surface area contributed by atoms with Gasteiger partial charge in [-0.25, -0.2) is 0 Å². The Morgan fingerprint density at radius 3 is 2.73 bits per heavy atom. The van der Waals surface area contributed by atoms with E-state index in [0.29, 0.717) is 18.2 Å². The lowest BCUT2D eigenvalue weighted by molar-refractivity contribution is 0.00237. The largest absolute Gasteiger partial charge is 0.392 e. The SMILES string of the molecule is CC1CC(N[C@@H]2CCCC[C@H]2O)CCO1. The highest BCUT2D eigenvalue weighted by Crippen LogP contribution is 2.21. The Bertz CT molecular complexity index is 198. The molecule has 0 bridgehead atoms. The summed E-state index contributed by atoms with van der Waals surface area (Å²) < 4.78 is 5.52. The van der Waals surface area contributed by atoms with Crippen LogP contribution in [0.2, 0.25) is 0 Å². The van der Waals surface area contributed by atoms with Crippen molar-refractivity contribution < 1.29 is 9.84 Å². The number of nitrogens with one attached hydrogen (secondary N) is 1. The first-order chi connectivity index (χ1) is 7.25. The third-order valence-corrected chi connectivity index (χ3v) is 3.66. The normalized spacial score (nSPS) is 42.8. The molecule has 0 spiro atoms. The second-order valence-corrected chi connectivity index (χ2v) is 5.03. The topological polar surface area (TPSA) is 41.5 Å². The van der Waals surface area contributed by atoms with Crippen molar-refractivity contribution in [1.82, 2.24) is 5.32 Å². The monoisotopic (exact) mass is 213 g/mol. The van der Waals surface area contributed by atoms with Crippen molar-refractivity contribution in [3.05, 3.63) is 0 Å². The molecule has 3 heteroatoms. The van der Waals surface area contributed by atoms with E-state index in [0.717, 1.165) is 32.3 Å². The van der Waals surface area contributed by atoms with Crippen molar-refractivity contribution in [2.45, 2.75) is 69.7 Å². The van der Waals surface area contributed by atoms with E-state index in [2.05, 4.69) is 12.2 Å². The van der Waals surface area contributed by atoms with E-state index in [-0.39, 0.29) is 6.10 Å². The van der Waals surface area contributed by atoms with Crippen molar-refractivity contribution in [2.75, 3.05) is 6.61 Å². The van der Waals surface area contributed by atoms with Crippen LogP contribution in [0.25, 0.3) is 0 Å². The average Bonchev–Trinajstić information content (AvgIpc) is 2.22. The molecular weight excluding hydrogens is 190 g/mol. The second-order valence-electron chi connectivity index (χ2n) is 5.03. The van der Waals surface area contributed by atoms with E-state index in [9.17, 15) is 5.11 Å². The van der Waals surface area contributed by atoms with Crippen molar-refractivity contribution in [2.24, 2.45) is 0 Å². The molecule has 0 aromatic rings. The molecule has 0 aromatic heterocycles. The van der Waals surface area contributed by atoms with Crippen LogP contribution < -0.4 is 5.32 Å². The molecule has 1 aliphatic heterocycles. The van der Waals surface area contributed by atoms with Crippen molar-refractivity contribution in [1.29, 1.82) is 0 Å². The highest BCUT2D eigenvalue weighted by atomic mass is 16.5. The third-order valence-electron chi connectivity index (χ3n) is 3.66. The van der Waals surface area contributed by atoms with E-state index < -0.39 is 0 Å². The van der Waals surface area contributed by atoms with Gasteiger partial charge in [0.1, 0.15) is 0 Å². The highest BCUT2D eigenvalue weighted by Gasteiger charge is 2.27. The number of aliphatic hydroxyl groups excluding tert-OH is 1. The highest BCUT2D eigenvalue weighted by molar-refractivity contribution is 4.85. The van der Waals surface area contributed by atoms with Gasteiger partial charge in [-0.3, -0.25) is 0 Å². The van der Waals surface area contributed by atoms with E-state index >= 15 is 0 Å². The summed E-state index contributed by atoms with van der Waals surface area (Å²) >= 11 is 0. The molecule has 0 aromatic carbocycles. The van der Waals surface area contributed by atoms with Crippen molar-refractivity contribution in [3.63, 3.8) is 0 Å². The minimum absolute atomic E-state index is 0.128. The van der Waals surface area contributed by atoms with Gasteiger partial charge in [-0.1, -0.05) is 12.8 Å². The summed E-state index contributed by atoms with van der Waals surface area (Å²) in [5, 5.41) is 13.5. The fourth-order valence-electron chi connectivity index (χ4n) is 2.76. The van der Waals surface area contributed by atoms with Gasteiger partial charge in [0.05, 0.1) is 12.2 Å². The van der Waals surface area contributed by atoms with Gasteiger partial charge in [0, 0.05) is 18.7 Å². The molecule has 3 nitrogen and oxygen atoms in total. The first-order valence-corrected chi connectivity index (χ1v) is 6.31. The van der Waals surface area contributed by atoms with Crippen molar-refractivity contribution in [3.8, 4) is 0 Å². The van der Waals surface area contributed by atoms with Crippen LogP contribution in [0.5, 0.6) is 0 Å². The van der Waals surface area contributed by atoms with Crippen LogP contribution in [0.1, 0.15) is 45.4 Å². The fourth-order valence-corrected chi connectivity index (χ4v) is 2.76. The van der Waals surface area contributed by atoms with Crippen LogP contribution >= 0.6 is 0 Å². The minimum atomic E-state index is -0.128. The molecule has 2 aliphatic rings. The van der Waals surface area contributed by atoms with E-state index in [4.69, 9.17) is 4.74 Å². The average molecular weight is 213 g/mol. The molecule has 15 heavy (non-hydrogen) atoms. The predicted octanol–water partition coefficient (Wildman–Crippen LogP) is 1.45. The molecule has 2 fully saturated rings. The van der Waals surface area contributed by atoms with E-state index in [1.807, 2.05) is 0 Å². The molecule has 1 heterocycles. The van der Waals surface area contributed by atoms with Crippen LogP contribution in [-0.4, -0.2) is 36.0 Å². The Kier molecular flexibility index (Phi) is 4.00. The number of aliphatic hydroxyl groups is 1. The molecule has 2 N–H and O–H groups in total. The molecule has 4 atom stereocenters. The molecule has 1 saturated heterocycles. The summed E-state index contributed by atoms with van der Waals surface area (Å²) in [6.07, 6.45) is 6.96. The van der Waals surface area contributed by atoms with E-state index in [1.165, 1.54) is 12.8 Å². The van der Waals surface area contributed by atoms with Gasteiger partial charge in [-0.15, -0.1) is 0 Å². The third kappa shape index (κ3) is 3.16. The number of ether oxygens (including phenoxy) is 1. The minimum Gasteiger partial charge on any atom is -0.392 e. The predicted molar refractivity (Wildman–Crippen MR) is 59.8 cm³/mol. The van der Waals surface area contributed by atoms with Crippen molar-refractivity contribution >= 4 is 0 Å². The van der Waals surface area contributed by atoms with Crippen LogP contribution in [0.15, 0.2) is 0 Å². The summed E-state index contributed by atoms with van der Waals surface area (Å²) in [4.78, 5) is 0. The maximum absolute atomic E-state index is 9.87. The summed E-state index contributed by atoms with van der Waals surface area (Å²) in [5.74, 6) is 0. The summed E-state index contributed by atoms with van der Waals surface area (Å²) in [6, 6.07) is 0.876. The summed E-state index contributed by atoms with van der Waals surface area (Å²) in [7, 11) is 0. The molecule has 2 unspecified atom stereocenters. The quantitative estimate of drug-likeness (QED) is 0.729. The Morgan fingerprint density at radius 1 is 1.20 bits per heavy atom. The van der Waals surface area contributed by atoms with E-state index in [1.54, 1.807) is 0 Å². The van der Waals surface area contributed by atoms with Gasteiger partial charge < -0.3 is 15.2 Å². The standard InChI is InChI=1S/C12H23NO2/c1-9-8-10(6-7-15-9)13-11-4-2-3-5-12(11)14/h9-14H,2-8H2,1H3/t9?,10?,11-,12-/m1/s1. The van der Waals surface area contributed by atoms with Crippen LogP contribution in [0, 0.1) is 0 Å². The Labute approximate surface area is 92.2 Å². The molecule has 0 amide bonds. The molecule has 0 radical (unpaired) electrons. The smallest absolute Gasteiger partial charge is 0.0693 e. The first kappa shape index (κ1) is 11.4. The van der Waals surface area contributed by atoms with Crippen LogP contribution in [-0.2, 0) is 4.74 Å². The van der Waals surface area contributed by atoms with Gasteiger partial charge in [0.25, 0.3) is 0 Å². The van der Waals surface area contributed by atoms with Crippen LogP contribution in [0.4, 0.5) is 0 Å². The first-order valence-electron chi connectivity index (χ1n) is 6.31. The second kappa shape index (κ2) is 5.28. The lowest BCUT2D eigenvalue weighted by Gasteiger charge is -2.35. The number of hydrogen-bond donors (Lipinski definition) is 2. The summed E-state index contributed by atoms with van der Waals surface area (Å²) in [5.41, 5.74) is 0. The number of rotatable bonds is 2. The lowest BCUT2D eigenvalue weighted by atomic mass is 9.91. The Morgan fingerprint density at radius 2 is 2.00 bits per heavy atom. The zero-order valence-corrected chi connectivity index (χ0v) is 9.61. The van der Waals surface area contributed by atoms with Gasteiger partial charge >= 0.3 is 0 Å². The molecule has 1 aliphatic carbocycles. The maximum atomic E-state index is 9.87. The summed E-state index contributed by atoms with van der Waals surface area (Å²) in [6.45, 7) is 2.99. The van der Waals surface area contributed by atoms with Gasteiger partial charge in [0.2, 0.25) is 0 Å². The molecule has 88 valence electrons. The molecular formula is C12H23NO2. The van der Waals surface area contributed by atoms with Gasteiger partial charge in [0.15, 0.2) is 0 Å². The van der Waals surface area contributed by atoms with Crippen LogP contribution in [0.3, 0.4) is 0 Å². The zero-order chi connectivity index (χ0) is 10.7. The lowest BCUT2D eigenvalue weighted by Crippen LogP contribution is -2.49. The Hall–Kier alpha value is -0.120. The number of hydrogen-bond acceptors (Lipinski definition) is 3. The maximum Gasteiger partial charge on any atom is 0.0693 e. The fraction of sp³-hybridized carbons (Fsp3) is 1.00.